The quantitative estimate of drug-likeness (QED) is 0.265. The van der Waals surface area contributed by atoms with E-state index in [2.05, 4.69) is 37.7 Å². The summed E-state index contributed by atoms with van der Waals surface area (Å²) < 4.78 is 11.0. The third kappa shape index (κ3) is 10.1. The molecule has 2 aromatic rings. The molecule has 2 aliphatic heterocycles. The highest BCUT2D eigenvalue weighted by Gasteiger charge is 2.40. The molecule has 0 aromatic carbocycles. The molecule has 4 rings (SSSR count). The zero-order chi connectivity index (χ0) is 29.8. The lowest BCUT2D eigenvalue weighted by atomic mass is 9.96. The van der Waals surface area contributed by atoms with Crippen molar-refractivity contribution in [3.8, 4) is 0 Å². The van der Waals surface area contributed by atoms with E-state index in [1.807, 2.05) is 18.5 Å². The van der Waals surface area contributed by atoms with E-state index in [-0.39, 0.29) is 0 Å². The van der Waals surface area contributed by atoms with Crippen LogP contribution in [0, 0.1) is 0 Å². The highest BCUT2D eigenvalue weighted by Crippen LogP contribution is 2.21. The number of furan rings is 1. The Morgan fingerprint density at radius 2 is 1.71 bits per heavy atom. The molecule has 0 bridgehead atoms. The van der Waals surface area contributed by atoms with Crippen molar-refractivity contribution in [2.75, 3.05) is 50.8 Å². The lowest BCUT2D eigenvalue weighted by Crippen LogP contribution is -2.42. The number of carboxylic acids is 3. The second kappa shape index (κ2) is 15.4. The van der Waals surface area contributed by atoms with Crippen LogP contribution in [0.25, 0.3) is 0 Å². The van der Waals surface area contributed by atoms with Crippen LogP contribution < -0.4 is 4.90 Å². The molecule has 2 saturated heterocycles. The van der Waals surface area contributed by atoms with Gasteiger partial charge in [-0.15, -0.1) is 0 Å². The first-order valence-electron chi connectivity index (χ1n) is 13.6. The molecule has 0 aliphatic carbocycles. The van der Waals surface area contributed by atoms with Gasteiger partial charge in [-0.05, 0) is 38.1 Å². The number of hydrogen-bond donors (Lipinski definition) is 4. The zero-order valence-electron chi connectivity index (χ0n) is 23.2. The van der Waals surface area contributed by atoms with Crippen molar-refractivity contribution in [2.24, 2.45) is 0 Å². The maximum Gasteiger partial charge on any atom is 0.336 e. The maximum atomic E-state index is 10.3. The number of nitrogens with zero attached hydrogens (tertiary/aromatic N) is 5. The topological polar surface area (TPSA) is 190 Å². The van der Waals surface area contributed by atoms with Gasteiger partial charge >= 0.3 is 17.9 Å². The highest BCUT2D eigenvalue weighted by atomic mass is 16.5. The Bertz CT molecular complexity index is 1090. The van der Waals surface area contributed by atoms with Crippen molar-refractivity contribution in [3.05, 3.63) is 42.1 Å². The van der Waals surface area contributed by atoms with Crippen LogP contribution in [-0.4, -0.2) is 116 Å². The molecule has 2 aromatic heterocycles. The molecule has 0 radical (unpaired) electrons. The molecule has 14 heteroatoms. The molecule has 4 N–H and O–H groups in total. The van der Waals surface area contributed by atoms with E-state index >= 15 is 0 Å². The van der Waals surface area contributed by atoms with E-state index in [4.69, 9.17) is 29.6 Å². The van der Waals surface area contributed by atoms with E-state index in [1.54, 1.807) is 6.26 Å². The maximum absolute atomic E-state index is 10.3. The Kier molecular flexibility index (Phi) is 12.0. The smallest absolute Gasteiger partial charge is 0.336 e. The van der Waals surface area contributed by atoms with E-state index in [1.165, 1.54) is 19.4 Å². The summed E-state index contributed by atoms with van der Waals surface area (Å²) in [6.45, 7) is 10.5. The number of morpholine rings is 1. The van der Waals surface area contributed by atoms with Crippen LogP contribution in [0.4, 0.5) is 5.95 Å². The van der Waals surface area contributed by atoms with Crippen molar-refractivity contribution in [1.29, 1.82) is 0 Å². The number of ether oxygens (including phenoxy) is 1. The number of aliphatic hydroxyl groups is 1. The van der Waals surface area contributed by atoms with E-state index < -0.39 is 36.4 Å². The van der Waals surface area contributed by atoms with Crippen LogP contribution in [0.15, 0.2) is 35.2 Å². The minimum absolute atomic E-state index is 0.619. The molecule has 0 saturated carbocycles. The van der Waals surface area contributed by atoms with Crippen LogP contribution in [0.1, 0.15) is 43.9 Å². The fraction of sp³-hybridized carbons (Fsp3) is 0.593. The van der Waals surface area contributed by atoms with Crippen LogP contribution in [0.5, 0.6) is 0 Å². The average Bonchev–Trinajstić information content (AvgIpc) is 3.61. The first-order chi connectivity index (χ1) is 19.6. The molecule has 0 amide bonds. The van der Waals surface area contributed by atoms with Gasteiger partial charge in [-0.2, -0.15) is 0 Å². The second-order valence-corrected chi connectivity index (χ2v) is 10.1. The minimum atomic E-state index is -2.74. The number of aromatic nitrogens is 2. The summed E-state index contributed by atoms with van der Waals surface area (Å²) in [4.78, 5) is 47.0. The number of hydrogen-bond acceptors (Lipinski definition) is 11. The predicted octanol–water partition coefficient (Wildman–Crippen LogP) is 1.14. The van der Waals surface area contributed by atoms with Crippen LogP contribution >= 0.6 is 0 Å². The number of carboxylic acid groups (broad SMARTS) is 3. The number of likely N-dealkylation sites (N-methyl/N-ethyl adjacent to an activating group) is 1. The SMILES string of the molecule is CCN1CCCC1CN(Cc1cnc(N2CCOCC2)nc1)Cc1ccco1.O=C(O)CC(O)(CC(=O)O)C(=O)O. The Balaban J connectivity index is 0.000000302. The van der Waals surface area contributed by atoms with Crippen LogP contribution in [0.2, 0.25) is 0 Å². The standard InChI is InChI=1S/C21H31N5O2.C6H8O7/c1-2-25-7-3-5-19(25)16-24(17-20-6-4-10-28-20)15-18-13-22-21(23-14-18)26-8-11-27-12-9-26;7-3(8)1-6(13,5(11)12)2-4(9)10/h4,6,10,13-14,19H,2-3,5,7-9,11-12,15-17H2,1H3;13H,1-2H2,(H,7,8)(H,9,10)(H,11,12). The predicted molar refractivity (Wildman–Crippen MR) is 145 cm³/mol. The first kappa shape index (κ1) is 31.9. The number of anilines is 1. The van der Waals surface area contributed by atoms with Gasteiger partial charge < -0.3 is 34.5 Å². The Morgan fingerprint density at radius 3 is 2.24 bits per heavy atom. The molecule has 0 spiro atoms. The van der Waals surface area contributed by atoms with Gasteiger partial charge in [0.2, 0.25) is 5.95 Å². The fourth-order valence-corrected chi connectivity index (χ4v) is 4.95. The molecule has 226 valence electrons. The monoisotopic (exact) mass is 577 g/mol. The summed E-state index contributed by atoms with van der Waals surface area (Å²) in [7, 11) is 0. The molecular formula is C27H39N5O9. The fourth-order valence-electron chi connectivity index (χ4n) is 4.95. The molecular weight excluding hydrogens is 538 g/mol. The Labute approximate surface area is 238 Å². The number of carbonyl (C=O) groups is 3. The summed E-state index contributed by atoms with van der Waals surface area (Å²) in [5.41, 5.74) is -1.60. The molecule has 2 fully saturated rings. The summed E-state index contributed by atoms with van der Waals surface area (Å²) in [5, 5.41) is 33.8. The van der Waals surface area contributed by atoms with Gasteiger partial charge in [0.25, 0.3) is 0 Å². The van der Waals surface area contributed by atoms with Crippen LogP contribution in [-0.2, 0) is 32.2 Å². The molecule has 2 aliphatic rings. The Hall–Kier alpha value is -3.59. The molecule has 1 atom stereocenters. The van der Waals surface area contributed by atoms with Crippen molar-refractivity contribution in [3.63, 3.8) is 0 Å². The van der Waals surface area contributed by atoms with Gasteiger partial charge in [-0.25, -0.2) is 14.8 Å². The second-order valence-electron chi connectivity index (χ2n) is 10.1. The largest absolute Gasteiger partial charge is 0.481 e. The van der Waals surface area contributed by atoms with Crippen molar-refractivity contribution in [2.45, 2.75) is 57.3 Å². The van der Waals surface area contributed by atoms with Crippen molar-refractivity contribution >= 4 is 23.9 Å². The van der Waals surface area contributed by atoms with E-state index in [9.17, 15) is 14.4 Å². The highest BCUT2D eigenvalue weighted by molar-refractivity contribution is 5.88. The normalized spacial score (nSPS) is 17.7. The number of rotatable bonds is 13. The van der Waals surface area contributed by atoms with Gasteiger partial charge in [-0.3, -0.25) is 19.4 Å². The minimum Gasteiger partial charge on any atom is -0.481 e. The molecule has 14 nitrogen and oxygen atoms in total. The van der Waals surface area contributed by atoms with E-state index in [0.29, 0.717) is 6.04 Å². The number of likely N-dealkylation sites (tertiary alicyclic amines) is 1. The van der Waals surface area contributed by atoms with Crippen molar-refractivity contribution < 1.29 is 44.0 Å². The molecule has 41 heavy (non-hydrogen) atoms. The van der Waals surface area contributed by atoms with Gasteiger partial charge in [-0.1, -0.05) is 6.92 Å². The summed E-state index contributed by atoms with van der Waals surface area (Å²) in [6.07, 6.45) is 5.97. The van der Waals surface area contributed by atoms with Crippen LogP contribution in [0.3, 0.4) is 0 Å². The van der Waals surface area contributed by atoms with Gasteiger partial charge in [0.1, 0.15) is 5.76 Å². The lowest BCUT2D eigenvalue weighted by molar-refractivity contribution is -0.170. The van der Waals surface area contributed by atoms with Gasteiger partial charge in [0.05, 0.1) is 38.9 Å². The summed E-state index contributed by atoms with van der Waals surface area (Å²) >= 11 is 0. The molecule has 4 heterocycles. The summed E-state index contributed by atoms with van der Waals surface area (Å²) in [6, 6.07) is 4.63. The third-order valence-electron chi connectivity index (χ3n) is 7.01. The number of aliphatic carboxylic acids is 3. The third-order valence-corrected chi connectivity index (χ3v) is 7.01. The summed E-state index contributed by atoms with van der Waals surface area (Å²) in [5.74, 6) is -3.21. The lowest BCUT2D eigenvalue weighted by Gasteiger charge is -2.30. The van der Waals surface area contributed by atoms with Gasteiger partial charge in [0, 0.05) is 50.2 Å². The van der Waals surface area contributed by atoms with Gasteiger partial charge in [0.15, 0.2) is 5.60 Å². The molecule has 1 unspecified atom stereocenters. The zero-order valence-corrected chi connectivity index (χ0v) is 23.2. The van der Waals surface area contributed by atoms with E-state index in [0.717, 1.165) is 69.8 Å². The Morgan fingerprint density at radius 1 is 1.05 bits per heavy atom. The first-order valence-corrected chi connectivity index (χ1v) is 13.6. The average molecular weight is 578 g/mol. The van der Waals surface area contributed by atoms with Crippen molar-refractivity contribution in [1.82, 2.24) is 19.8 Å².